The predicted octanol–water partition coefficient (Wildman–Crippen LogP) is 2.49. The Kier molecular flexibility index (Phi) is 4.77. The normalized spacial score (nSPS) is 10.5. The standard InChI is InChI=1S/C17H16ClN5O/c18-14-8-6-12(7-9-14)10-20-17(24)15-16(19)23(22-21-15)11-13-4-2-1-3-5-13/h1-9H,10-11,19H2,(H,20,24). The average molecular weight is 342 g/mol. The maximum Gasteiger partial charge on any atom is 0.275 e. The molecule has 0 unspecified atom stereocenters. The van der Waals surface area contributed by atoms with E-state index in [1.54, 1.807) is 12.1 Å². The van der Waals surface area contributed by atoms with Gasteiger partial charge < -0.3 is 11.1 Å². The van der Waals surface area contributed by atoms with Gasteiger partial charge in [-0.25, -0.2) is 4.68 Å². The molecule has 0 aliphatic carbocycles. The zero-order chi connectivity index (χ0) is 16.9. The lowest BCUT2D eigenvalue weighted by molar-refractivity contribution is 0.0946. The fourth-order valence-electron chi connectivity index (χ4n) is 2.22. The van der Waals surface area contributed by atoms with Crippen LogP contribution in [0.15, 0.2) is 54.6 Å². The molecule has 0 saturated carbocycles. The molecule has 7 heteroatoms. The minimum absolute atomic E-state index is 0.125. The summed E-state index contributed by atoms with van der Waals surface area (Å²) in [5, 5.41) is 11.3. The van der Waals surface area contributed by atoms with Crippen LogP contribution in [0.5, 0.6) is 0 Å². The fourth-order valence-corrected chi connectivity index (χ4v) is 2.35. The lowest BCUT2D eigenvalue weighted by Gasteiger charge is -2.05. The number of halogens is 1. The van der Waals surface area contributed by atoms with E-state index in [0.717, 1.165) is 11.1 Å². The zero-order valence-corrected chi connectivity index (χ0v) is 13.6. The molecule has 0 aliphatic rings. The van der Waals surface area contributed by atoms with E-state index in [0.29, 0.717) is 18.1 Å². The molecule has 0 atom stereocenters. The fraction of sp³-hybridized carbons (Fsp3) is 0.118. The van der Waals surface area contributed by atoms with Gasteiger partial charge in [-0.15, -0.1) is 5.10 Å². The van der Waals surface area contributed by atoms with Crippen molar-refractivity contribution in [3.8, 4) is 0 Å². The number of carbonyl (C=O) groups is 1. The smallest absolute Gasteiger partial charge is 0.275 e. The molecule has 1 amide bonds. The lowest BCUT2D eigenvalue weighted by atomic mass is 10.2. The predicted molar refractivity (Wildman–Crippen MR) is 92.6 cm³/mol. The van der Waals surface area contributed by atoms with Gasteiger partial charge in [0.05, 0.1) is 6.54 Å². The second-order valence-corrected chi connectivity index (χ2v) is 5.71. The van der Waals surface area contributed by atoms with Gasteiger partial charge in [0, 0.05) is 11.6 Å². The molecule has 24 heavy (non-hydrogen) atoms. The number of anilines is 1. The molecule has 0 bridgehead atoms. The van der Waals surface area contributed by atoms with Crippen LogP contribution in [-0.4, -0.2) is 20.9 Å². The summed E-state index contributed by atoms with van der Waals surface area (Å²) in [4.78, 5) is 12.2. The van der Waals surface area contributed by atoms with Crippen LogP contribution in [0.3, 0.4) is 0 Å². The van der Waals surface area contributed by atoms with E-state index in [2.05, 4.69) is 15.6 Å². The van der Waals surface area contributed by atoms with Crippen molar-refractivity contribution in [3.05, 3.63) is 76.4 Å². The third-order valence-corrected chi connectivity index (χ3v) is 3.78. The molecule has 3 N–H and O–H groups in total. The van der Waals surface area contributed by atoms with Crippen molar-refractivity contribution in [2.75, 3.05) is 5.73 Å². The van der Waals surface area contributed by atoms with E-state index in [4.69, 9.17) is 17.3 Å². The number of hydrogen-bond acceptors (Lipinski definition) is 4. The SMILES string of the molecule is Nc1c(C(=O)NCc2ccc(Cl)cc2)nnn1Cc1ccccc1. The molecule has 3 rings (SSSR count). The van der Waals surface area contributed by atoms with Crippen molar-refractivity contribution in [3.63, 3.8) is 0 Å². The van der Waals surface area contributed by atoms with Gasteiger partial charge in [0.2, 0.25) is 0 Å². The summed E-state index contributed by atoms with van der Waals surface area (Å²) in [6.07, 6.45) is 0. The summed E-state index contributed by atoms with van der Waals surface area (Å²) in [5.74, 6) is -0.116. The van der Waals surface area contributed by atoms with Crippen LogP contribution >= 0.6 is 11.6 Å². The van der Waals surface area contributed by atoms with Crippen LogP contribution in [0.1, 0.15) is 21.6 Å². The molecule has 0 spiro atoms. The van der Waals surface area contributed by atoms with Crippen molar-refractivity contribution in [1.29, 1.82) is 0 Å². The van der Waals surface area contributed by atoms with E-state index in [-0.39, 0.29) is 17.4 Å². The van der Waals surface area contributed by atoms with Crippen molar-refractivity contribution >= 4 is 23.3 Å². The van der Waals surface area contributed by atoms with E-state index >= 15 is 0 Å². The van der Waals surface area contributed by atoms with Gasteiger partial charge in [-0.3, -0.25) is 4.79 Å². The summed E-state index contributed by atoms with van der Waals surface area (Å²) in [7, 11) is 0. The first kappa shape index (κ1) is 16.0. The van der Waals surface area contributed by atoms with Crippen LogP contribution in [-0.2, 0) is 13.1 Å². The first-order chi connectivity index (χ1) is 11.6. The molecule has 0 radical (unpaired) electrons. The number of nitrogens with two attached hydrogens (primary N) is 1. The maximum absolute atomic E-state index is 12.2. The summed E-state index contributed by atoms with van der Waals surface area (Å²) in [5.41, 5.74) is 8.09. The van der Waals surface area contributed by atoms with Crippen LogP contribution in [0, 0.1) is 0 Å². The highest BCUT2D eigenvalue weighted by molar-refractivity contribution is 6.30. The number of amides is 1. The van der Waals surface area contributed by atoms with Crippen LogP contribution in [0.25, 0.3) is 0 Å². The van der Waals surface area contributed by atoms with Crippen molar-refractivity contribution in [2.45, 2.75) is 13.1 Å². The first-order valence-corrected chi connectivity index (χ1v) is 7.77. The molecule has 122 valence electrons. The molecule has 2 aromatic carbocycles. The second kappa shape index (κ2) is 7.14. The van der Waals surface area contributed by atoms with Crippen molar-refractivity contribution in [2.24, 2.45) is 0 Å². The number of benzene rings is 2. The minimum Gasteiger partial charge on any atom is -0.382 e. The van der Waals surface area contributed by atoms with E-state index < -0.39 is 0 Å². The number of rotatable bonds is 5. The van der Waals surface area contributed by atoms with Crippen molar-refractivity contribution < 1.29 is 4.79 Å². The Morgan fingerprint density at radius 1 is 1.08 bits per heavy atom. The van der Waals surface area contributed by atoms with Gasteiger partial charge in [-0.05, 0) is 23.3 Å². The topological polar surface area (TPSA) is 85.8 Å². The quantitative estimate of drug-likeness (QED) is 0.746. The Morgan fingerprint density at radius 3 is 2.50 bits per heavy atom. The molecule has 0 aliphatic heterocycles. The molecular formula is C17H16ClN5O. The number of nitrogen functional groups attached to an aromatic ring is 1. The van der Waals surface area contributed by atoms with Gasteiger partial charge in [0.25, 0.3) is 5.91 Å². The van der Waals surface area contributed by atoms with Crippen molar-refractivity contribution in [1.82, 2.24) is 20.3 Å². The molecule has 0 fully saturated rings. The molecule has 0 saturated heterocycles. The molecule has 1 aromatic heterocycles. The molecular weight excluding hydrogens is 326 g/mol. The highest BCUT2D eigenvalue weighted by Crippen LogP contribution is 2.12. The highest BCUT2D eigenvalue weighted by Gasteiger charge is 2.17. The zero-order valence-electron chi connectivity index (χ0n) is 12.8. The summed E-state index contributed by atoms with van der Waals surface area (Å²) in [6.45, 7) is 0.825. The van der Waals surface area contributed by atoms with Gasteiger partial charge in [-0.1, -0.05) is 59.3 Å². The molecule has 6 nitrogen and oxygen atoms in total. The number of hydrogen-bond donors (Lipinski definition) is 2. The average Bonchev–Trinajstić information content (AvgIpc) is 2.96. The number of nitrogens with zero attached hydrogens (tertiary/aromatic N) is 3. The van der Waals surface area contributed by atoms with Gasteiger partial charge in [0.15, 0.2) is 11.5 Å². The first-order valence-electron chi connectivity index (χ1n) is 7.39. The molecule has 3 aromatic rings. The Morgan fingerprint density at radius 2 is 1.79 bits per heavy atom. The summed E-state index contributed by atoms with van der Waals surface area (Å²) in [6, 6.07) is 17.0. The Bertz CT molecular complexity index is 830. The Hall–Kier alpha value is -2.86. The number of nitrogens with one attached hydrogen (secondary N) is 1. The lowest BCUT2D eigenvalue weighted by Crippen LogP contribution is -2.24. The monoisotopic (exact) mass is 341 g/mol. The third-order valence-electron chi connectivity index (χ3n) is 3.53. The summed E-state index contributed by atoms with van der Waals surface area (Å²) < 4.78 is 1.51. The van der Waals surface area contributed by atoms with Crippen LogP contribution < -0.4 is 11.1 Å². The maximum atomic E-state index is 12.2. The Labute approximate surface area is 144 Å². The Balaban J connectivity index is 1.66. The molecule has 1 heterocycles. The van der Waals surface area contributed by atoms with Crippen LogP contribution in [0.2, 0.25) is 5.02 Å². The van der Waals surface area contributed by atoms with Gasteiger partial charge in [-0.2, -0.15) is 0 Å². The van der Waals surface area contributed by atoms with Gasteiger partial charge in [0.1, 0.15) is 0 Å². The minimum atomic E-state index is -0.359. The highest BCUT2D eigenvalue weighted by atomic mass is 35.5. The van der Waals surface area contributed by atoms with E-state index in [1.165, 1.54) is 4.68 Å². The van der Waals surface area contributed by atoms with Gasteiger partial charge >= 0.3 is 0 Å². The van der Waals surface area contributed by atoms with Crippen LogP contribution in [0.4, 0.5) is 5.82 Å². The number of carbonyl (C=O) groups excluding carboxylic acids is 1. The third kappa shape index (κ3) is 3.72. The second-order valence-electron chi connectivity index (χ2n) is 5.28. The summed E-state index contributed by atoms with van der Waals surface area (Å²) >= 11 is 5.84. The number of aromatic nitrogens is 3. The largest absolute Gasteiger partial charge is 0.382 e. The van der Waals surface area contributed by atoms with E-state index in [1.807, 2.05) is 42.5 Å². The van der Waals surface area contributed by atoms with E-state index in [9.17, 15) is 4.79 Å².